The van der Waals surface area contributed by atoms with E-state index in [4.69, 9.17) is 9.47 Å². The Hall–Kier alpha value is 0.263. The first-order valence-corrected chi connectivity index (χ1v) is 15.0. The molecule has 0 aliphatic heterocycles. The number of carbonyl (C=O) groups is 2. The van der Waals surface area contributed by atoms with E-state index in [1.54, 1.807) is 0 Å². The molecule has 0 saturated heterocycles. The van der Waals surface area contributed by atoms with Crippen molar-refractivity contribution < 1.29 is 36.2 Å². The van der Waals surface area contributed by atoms with Gasteiger partial charge in [-0.2, -0.15) is 0 Å². The monoisotopic (exact) mass is 470 g/mol. The van der Waals surface area contributed by atoms with Crippen molar-refractivity contribution >= 4 is 37.2 Å². The van der Waals surface area contributed by atoms with Crippen LogP contribution in [0.4, 0.5) is 0 Å². The standard InChI is InChI=1S/2C10H19O2S.Zn/c2*1-3-5-6-9(4-2)7-12-10(11)8-13;/h2*8-9,13H,3-7H2,1-2H3;. The second-order valence-corrected chi connectivity index (χ2v) is 15.9. The molecule has 7 heteroatoms. The van der Waals surface area contributed by atoms with Crippen molar-refractivity contribution in [1.29, 1.82) is 0 Å². The third-order valence-corrected chi connectivity index (χ3v) is 10.9. The van der Waals surface area contributed by atoms with Crippen LogP contribution in [-0.2, 0) is 36.2 Å². The van der Waals surface area contributed by atoms with Crippen LogP contribution < -0.4 is 0 Å². The van der Waals surface area contributed by atoms with Gasteiger partial charge in [-0.15, -0.1) is 0 Å². The van der Waals surface area contributed by atoms with Crippen molar-refractivity contribution in [3.8, 4) is 0 Å². The van der Waals surface area contributed by atoms with Gasteiger partial charge in [0, 0.05) is 0 Å². The Morgan fingerprint density at radius 3 is 1.44 bits per heavy atom. The first-order chi connectivity index (χ1) is 12.9. The molecule has 0 saturated carbocycles. The van der Waals surface area contributed by atoms with E-state index in [0.717, 1.165) is 51.4 Å². The van der Waals surface area contributed by atoms with Crippen LogP contribution >= 0.6 is 25.3 Å². The fourth-order valence-corrected chi connectivity index (χ4v) is 8.19. The summed E-state index contributed by atoms with van der Waals surface area (Å²) in [5.41, 5.74) is 0. The Labute approximate surface area is 184 Å². The number of thiol groups is 2. The van der Waals surface area contributed by atoms with E-state index in [2.05, 4.69) is 53.0 Å². The van der Waals surface area contributed by atoms with E-state index in [0.29, 0.717) is 25.0 Å². The summed E-state index contributed by atoms with van der Waals surface area (Å²) in [5.74, 6) is 0.226. The average Bonchev–Trinajstić information content (AvgIpc) is 2.67. The normalized spacial score (nSPS) is 15.3. The molecule has 156 valence electrons. The Morgan fingerprint density at radius 2 is 1.15 bits per heavy atom. The van der Waals surface area contributed by atoms with Crippen molar-refractivity contribution in [3.63, 3.8) is 0 Å². The van der Waals surface area contributed by atoms with Crippen LogP contribution in [0.5, 0.6) is 0 Å². The van der Waals surface area contributed by atoms with Gasteiger partial charge in [-0.1, -0.05) is 0 Å². The quantitative estimate of drug-likeness (QED) is 0.187. The van der Waals surface area contributed by atoms with E-state index >= 15 is 0 Å². The summed E-state index contributed by atoms with van der Waals surface area (Å²) < 4.78 is 9.93. The molecule has 4 atom stereocenters. The van der Waals surface area contributed by atoms with Crippen LogP contribution in [0.1, 0.15) is 79.1 Å². The molecule has 4 unspecified atom stereocenters. The van der Waals surface area contributed by atoms with E-state index in [1.165, 1.54) is 0 Å². The van der Waals surface area contributed by atoms with Crippen LogP contribution in [0.15, 0.2) is 0 Å². The van der Waals surface area contributed by atoms with Crippen molar-refractivity contribution in [1.82, 2.24) is 0 Å². The third-order valence-electron chi connectivity index (χ3n) is 5.00. The Bertz CT molecular complexity index is 373. The van der Waals surface area contributed by atoms with Gasteiger partial charge in [-0.25, -0.2) is 0 Å². The van der Waals surface area contributed by atoms with Gasteiger partial charge in [-0.05, 0) is 0 Å². The summed E-state index contributed by atoms with van der Waals surface area (Å²) in [7, 11) is 0. The van der Waals surface area contributed by atoms with Crippen molar-refractivity contribution in [2.45, 2.75) is 86.8 Å². The topological polar surface area (TPSA) is 52.6 Å². The molecule has 0 aromatic rings. The summed E-state index contributed by atoms with van der Waals surface area (Å²) in [5, 5.41) is 0. The van der Waals surface area contributed by atoms with Crippen LogP contribution in [0.2, 0.25) is 0 Å². The minimum absolute atomic E-state index is 0.297. The number of ether oxygens (including phenoxy) is 2. The fourth-order valence-electron chi connectivity index (χ4n) is 2.79. The molecular weight excluding hydrogens is 434 g/mol. The van der Waals surface area contributed by atoms with Gasteiger partial charge in [0.05, 0.1) is 0 Å². The zero-order valence-electron chi connectivity index (χ0n) is 17.6. The van der Waals surface area contributed by atoms with Gasteiger partial charge < -0.3 is 0 Å². The van der Waals surface area contributed by atoms with E-state index in [-0.39, 0.29) is 11.9 Å². The molecule has 0 amide bonds. The van der Waals surface area contributed by atoms with Gasteiger partial charge >= 0.3 is 185 Å². The maximum atomic E-state index is 12.2. The molecule has 0 fully saturated rings. The molecule has 0 spiro atoms. The summed E-state index contributed by atoms with van der Waals surface area (Å²) in [6, 6.07) is 0. The Balaban J connectivity index is 4.23. The summed E-state index contributed by atoms with van der Waals surface area (Å²) in [6.07, 6.45) is 8.77. The predicted molar refractivity (Wildman–Crippen MR) is 114 cm³/mol. The molecule has 0 rings (SSSR count). The summed E-state index contributed by atoms with van der Waals surface area (Å²) >= 11 is 7.09. The number of hydrogen-bond acceptors (Lipinski definition) is 6. The molecule has 0 bridgehead atoms. The zero-order chi connectivity index (χ0) is 20.7. The second kappa shape index (κ2) is 17.1. The Morgan fingerprint density at radius 1 is 0.778 bits per heavy atom. The first kappa shape index (κ1) is 27.3. The second-order valence-electron chi connectivity index (χ2n) is 7.36. The molecule has 0 N–H and O–H groups in total. The molecule has 27 heavy (non-hydrogen) atoms. The first-order valence-electron chi connectivity index (χ1n) is 10.6. The Kier molecular flexibility index (Phi) is 17.3. The molecule has 0 aromatic heterocycles. The van der Waals surface area contributed by atoms with Crippen molar-refractivity contribution in [2.24, 2.45) is 11.8 Å². The maximum absolute atomic E-state index is 12.2. The number of carbonyl (C=O) groups excluding carboxylic acids is 2. The van der Waals surface area contributed by atoms with Crippen LogP contribution in [0.25, 0.3) is 0 Å². The molecule has 0 heterocycles. The molecule has 4 nitrogen and oxygen atoms in total. The molecule has 0 radical (unpaired) electrons. The van der Waals surface area contributed by atoms with Gasteiger partial charge in [-0.3, -0.25) is 0 Å². The van der Waals surface area contributed by atoms with E-state index in [1.807, 2.05) is 0 Å². The summed E-state index contributed by atoms with van der Waals surface area (Å²) in [6.45, 7) is 9.46. The van der Waals surface area contributed by atoms with Crippen LogP contribution in [0.3, 0.4) is 0 Å². The average molecular weight is 472 g/mol. The van der Waals surface area contributed by atoms with Crippen LogP contribution in [0, 0.1) is 11.8 Å². The molecule has 0 aliphatic carbocycles. The van der Waals surface area contributed by atoms with Gasteiger partial charge in [0.15, 0.2) is 0 Å². The molecule has 0 aliphatic rings. The fraction of sp³-hybridized carbons (Fsp3) is 0.900. The van der Waals surface area contributed by atoms with Gasteiger partial charge in [0.1, 0.15) is 0 Å². The van der Waals surface area contributed by atoms with Crippen LogP contribution in [-0.4, -0.2) is 32.8 Å². The van der Waals surface area contributed by atoms with Gasteiger partial charge in [0.25, 0.3) is 0 Å². The SMILES string of the molecule is CCCCC(CC)COC(=O)[CH](S)[Zn][CH](S)C(=O)OCC(CC)CCCC. The van der Waals surface area contributed by atoms with Crippen molar-refractivity contribution in [2.75, 3.05) is 13.2 Å². The van der Waals surface area contributed by atoms with Crippen molar-refractivity contribution in [3.05, 3.63) is 0 Å². The van der Waals surface area contributed by atoms with Gasteiger partial charge in [0.2, 0.25) is 0 Å². The van der Waals surface area contributed by atoms with E-state index < -0.39 is 24.8 Å². The number of hydrogen-bond donors (Lipinski definition) is 2. The molecule has 0 aromatic carbocycles. The predicted octanol–water partition coefficient (Wildman–Crippen LogP) is 5.10. The van der Waals surface area contributed by atoms with E-state index in [9.17, 15) is 9.59 Å². The number of rotatable bonds is 16. The minimum atomic E-state index is -1.68. The number of unbranched alkanes of at least 4 members (excludes halogenated alkanes) is 2. The molecular formula is C20H38O4S2Zn. The zero-order valence-corrected chi connectivity index (χ0v) is 22.4. The number of esters is 2. The third kappa shape index (κ3) is 13.2. The summed E-state index contributed by atoms with van der Waals surface area (Å²) in [4.78, 5) is 24.4.